The zero-order valence-electron chi connectivity index (χ0n) is 13.9. The Bertz CT molecular complexity index is 1110. The average Bonchev–Trinajstić information content (AvgIpc) is 2.91. The number of fused-ring (bicyclic) bond motifs is 1. The van der Waals surface area contributed by atoms with Crippen LogP contribution < -0.4 is 5.73 Å². The van der Waals surface area contributed by atoms with E-state index in [2.05, 4.69) is 15.0 Å². The van der Waals surface area contributed by atoms with E-state index in [1.807, 2.05) is 0 Å². The van der Waals surface area contributed by atoms with Crippen molar-refractivity contribution >= 4 is 17.3 Å². The van der Waals surface area contributed by atoms with Gasteiger partial charge < -0.3 is 15.9 Å². The SMILES string of the molecule is N=C(N=C(N)C(F)(F)F)c1cn2c(O)c(O)nc2c(Cc2ccccc2F)n1. The van der Waals surface area contributed by atoms with Crippen molar-refractivity contribution in [1.82, 2.24) is 14.4 Å². The van der Waals surface area contributed by atoms with Crippen molar-refractivity contribution in [1.29, 1.82) is 5.41 Å². The van der Waals surface area contributed by atoms with Crippen LogP contribution in [0.3, 0.4) is 0 Å². The molecule has 3 aromatic rings. The number of alkyl halides is 3. The predicted molar refractivity (Wildman–Crippen MR) is 90.0 cm³/mol. The van der Waals surface area contributed by atoms with Gasteiger partial charge in [-0.2, -0.15) is 18.2 Å². The smallest absolute Gasteiger partial charge is 0.449 e. The molecular formula is C16H12F4N6O2. The first kappa shape index (κ1) is 19.1. The normalized spacial score (nSPS) is 12.5. The van der Waals surface area contributed by atoms with E-state index >= 15 is 0 Å². The van der Waals surface area contributed by atoms with Gasteiger partial charge in [-0.15, -0.1) is 0 Å². The molecule has 0 saturated carbocycles. The van der Waals surface area contributed by atoms with Gasteiger partial charge in [-0.3, -0.25) is 9.81 Å². The molecule has 0 atom stereocenters. The number of aromatic hydroxyl groups is 2. The van der Waals surface area contributed by atoms with Gasteiger partial charge in [0.05, 0.1) is 5.69 Å². The Kier molecular flexibility index (Phi) is 4.63. The van der Waals surface area contributed by atoms with E-state index in [1.54, 1.807) is 6.07 Å². The molecule has 2 aromatic heterocycles. The van der Waals surface area contributed by atoms with Crippen LogP contribution in [0.25, 0.3) is 5.65 Å². The monoisotopic (exact) mass is 396 g/mol. The van der Waals surface area contributed by atoms with E-state index in [9.17, 15) is 27.8 Å². The molecule has 28 heavy (non-hydrogen) atoms. The van der Waals surface area contributed by atoms with Crippen LogP contribution in [0.15, 0.2) is 35.5 Å². The minimum absolute atomic E-state index is 0.0104. The number of halogens is 4. The lowest BCUT2D eigenvalue weighted by molar-refractivity contribution is -0.0597. The number of imidazole rings is 1. The molecule has 0 spiro atoms. The molecule has 3 rings (SSSR count). The maximum Gasteiger partial charge on any atom is 0.449 e. The number of nitrogens with two attached hydrogens (primary N) is 1. The highest BCUT2D eigenvalue weighted by molar-refractivity contribution is 6.04. The Balaban J connectivity index is 2.14. The second-order valence-electron chi connectivity index (χ2n) is 5.64. The molecule has 0 aliphatic heterocycles. The Hall–Kier alpha value is -3.70. The third-order valence-corrected chi connectivity index (χ3v) is 3.71. The van der Waals surface area contributed by atoms with Gasteiger partial charge in [0.15, 0.2) is 11.5 Å². The number of aliphatic imine (C=N–C) groups is 1. The van der Waals surface area contributed by atoms with Crippen molar-refractivity contribution in [2.45, 2.75) is 12.6 Å². The zero-order valence-corrected chi connectivity index (χ0v) is 13.9. The standard InChI is InChI=1S/C16H12F4N6O2/c17-8-4-2-1-3-7(8)5-9-12-25-13(27)14(28)26(12)6-10(23-9)11(21)24-15(22)16(18,19)20/h1-4,6,27-28H,5H2,(H3,21,22,24). The van der Waals surface area contributed by atoms with Crippen molar-refractivity contribution in [3.05, 3.63) is 53.2 Å². The van der Waals surface area contributed by atoms with Crippen LogP contribution in [0.2, 0.25) is 0 Å². The van der Waals surface area contributed by atoms with E-state index in [0.717, 1.165) is 10.6 Å². The lowest BCUT2D eigenvalue weighted by Crippen LogP contribution is -2.32. The molecule has 5 N–H and O–H groups in total. The van der Waals surface area contributed by atoms with Crippen LogP contribution in [-0.4, -0.2) is 42.4 Å². The van der Waals surface area contributed by atoms with Crippen LogP contribution >= 0.6 is 0 Å². The molecule has 1 aromatic carbocycles. The van der Waals surface area contributed by atoms with Gasteiger partial charge in [-0.1, -0.05) is 18.2 Å². The molecule has 0 unspecified atom stereocenters. The zero-order chi connectivity index (χ0) is 20.6. The van der Waals surface area contributed by atoms with E-state index in [0.29, 0.717) is 0 Å². The Morgan fingerprint density at radius 2 is 1.89 bits per heavy atom. The molecule has 0 aliphatic carbocycles. The van der Waals surface area contributed by atoms with Crippen molar-refractivity contribution in [3.63, 3.8) is 0 Å². The molecule has 146 valence electrons. The van der Waals surface area contributed by atoms with E-state index in [4.69, 9.17) is 11.1 Å². The molecular weight excluding hydrogens is 384 g/mol. The van der Waals surface area contributed by atoms with Gasteiger partial charge in [-0.25, -0.2) is 14.4 Å². The van der Waals surface area contributed by atoms with Gasteiger partial charge in [0, 0.05) is 12.6 Å². The van der Waals surface area contributed by atoms with Gasteiger partial charge in [0.1, 0.15) is 11.5 Å². The molecule has 12 heteroatoms. The Morgan fingerprint density at radius 3 is 2.54 bits per heavy atom. The summed E-state index contributed by atoms with van der Waals surface area (Å²) in [5.41, 5.74) is 4.52. The second kappa shape index (κ2) is 6.79. The van der Waals surface area contributed by atoms with E-state index in [-0.39, 0.29) is 23.3 Å². The summed E-state index contributed by atoms with van der Waals surface area (Å²) in [6.45, 7) is 0. The summed E-state index contributed by atoms with van der Waals surface area (Å²) in [6.07, 6.45) is -4.16. The largest absolute Gasteiger partial charge is 0.490 e. The van der Waals surface area contributed by atoms with Crippen molar-refractivity contribution < 1.29 is 27.8 Å². The molecule has 0 bridgehead atoms. The van der Waals surface area contributed by atoms with Gasteiger partial charge >= 0.3 is 6.18 Å². The highest BCUT2D eigenvalue weighted by Gasteiger charge is 2.34. The summed E-state index contributed by atoms with van der Waals surface area (Å²) >= 11 is 0. The summed E-state index contributed by atoms with van der Waals surface area (Å²) in [4.78, 5) is 10.7. The fourth-order valence-electron chi connectivity index (χ4n) is 2.38. The number of benzene rings is 1. The quantitative estimate of drug-likeness (QED) is 0.306. The summed E-state index contributed by atoms with van der Waals surface area (Å²) in [7, 11) is 0. The number of aromatic nitrogens is 3. The third-order valence-electron chi connectivity index (χ3n) is 3.71. The molecule has 0 amide bonds. The van der Waals surface area contributed by atoms with Crippen molar-refractivity contribution in [3.8, 4) is 11.8 Å². The van der Waals surface area contributed by atoms with Gasteiger partial charge in [-0.05, 0) is 11.6 Å². The van der Waals surface area contributed by atoms with Crippen molar-refractivity contribution in [2.24, 2.45) is 10.7 Å². The highest BCUT2D eigenvalue weighted by atomic mass is 19.4. The molecule has 8 nitrogen and oxygen atoms in total. The molecule has 0 saturated heterocycles. The molecule has 2 heterocycles. The van der Waals surface area contributed by atoms with E-state index in [1.165, 1.54) is 18.2 Å². The van der Waals surface area contributed by atoms with Gasteiger partial charge in [0.2, 0.25) is 5.84 Å². The molecule has 0 fully saturated rings. The number of nitrogens with one attached hydrogen (secondary N) is 1. The maximum atomic E-state index is 14.0. The molecule has 0 aliphatic rings. The maximum absolute atomic E-state index is 14.0. The van der Waals surface area contributed by atoms with Gasteiger partial charge in [0.25, 0.3) is 11.8 Å². The lowest BCUT2D eigenvalue weighted by Gasteiger charge is -2.09. The number of nitrogens with zero attached hydrogens (tertiary/aromatic N) is 4. The first-order valence-electron chi connectivity index (χ1n) is 7.61. The lowest BCUT2D eigenvalue weighted by atomic mass is 10.1. The number of hydrogen-bond acceptors (Lipinski definition) is 5. The summed E-state index contributed by atoms with van der Waals surface area (Å²) < 4.78 is 52.5. The second-order valence-corrected chi connectivity index (χ2v) is 5.64. The Labute approximate surface area is 154 Å². The average molecular weight is 396 g/mol. The summed E-state index contributed by atoms with van der Waals surface area (Å²) in [5, 5.41) is 27.3. The van der Waals surface area contributed by atoms with E-state index < -0.39 is 41.1 Å². The van der Waals surface area contributed by atoms with Crippen LogP contribution in [0.5, 0.6) is 11.8 Å². The summed E-state index contributed by atoms with van der Waals surface area (Å²) in [5.74, 6) is -4.76. The highest BCUT2D eigenvalue weighted by Crippen LogP contribution is 2.28. The first-order chi connectivity index (χ1) is 13.1. The van der Waals surface area contributed by atoms with Crippen molar-refractivity contribution in [2.75, 3.05) is 0 Å². The fourth-order valence-corrected chi connectivity index (χ4v) is 2.38. The predicted octanol–water partition coefficient (Wildman–Crippen LogP) is 2.12. The first-order valence-corrected chi connectivity index (χ1v) is 7.61. The van der Waals surface area contributed by atoms with Crippen LogP contribution in [0.4, 0.5) is 17.6 Å². The minimum atomic E-state index is -4.94. The number of amidine groups is 2. The number of hydrogen-bond donors (Lipinski definition) is 4. The summed E-state index contributed by atoms with van der Waals surface area (Å²) in [6, 6.07) is 5.69. The fraction of sp³-hybridized carbons (Fsp3) is 0.125. The van der Waals surface area contributed by atoms with Crippen LogP contribution in [0.1, 0.15) is 17.0 Å². The van der Waals surface area contributed by atoms with Crippen LogP contribution in [0, 0.1) is 11.2 Å². The molecule has 0 radical (unpaired) electrons. The minimum Gasteiger partial charge on any atom is -0.490 e. The topological polar surface area (TPSA) is 133 Å². The Morgan fingerprint density at radius 1 is 1.21 bits per heavy atom. The van der Waals surface area contributed by atoms with Crippen LogP contribution in [-0.2, 0) is 6.42 Å². The third kappa shape index (κ3) is 3.56. The number of rotatable bonds is 3.